The van der Waals surface area contributed by atoms with E-state index >= 15 is 0 Å². The molecule has 26 heavy (non-hydrogen) atoms. The van der Waals surface area contributed by atoms with Gasteiger partial charge in [-0.1, -0.05) is 12.1 Å². The van der Waals surface area contributed by atoms with Crippen LogP contribution >= 0.6 is 35.3 Å². The van der Waals surface area contributed by atoms with Crippen molar-refractivity contribution in [2.24, 2.45) is 4.99 Å². The van der Waals surface area contributed by atoms with Gasteiger partial charge in [-0.3, -0.25) is 4.99 Å². The van der Waals surface area contributed by atoms with Crippen molar-refractivity contribution in [3.05, 3.63) is 52.0 Å². The third kappa shape index (κ3) is 5.20. The van der Waals surface area contributed by atoms with Gasteiger partial charge in [0.05, 0.1) is 17.6 Å². The maximum absolute atomic E-state index is 4.62. The molecule has 3 aromatic rings. The molecule has 2 heterocycles. The predicted molar refractivity (Wildman–Crippen MR) is 122 cm³/mol. The Hall–Kier alpha value is -1.61. The quantitative estimate of drug-likeness (QED) is 0.241. The summed E-state index contributed by atoms with van der Waals surface area (Å²) < 4.78 is 2.28. The molecule has 0 aliphatic carbocycles. The molecule has 1 aromatic carbocycles. The van der Waals surface area contributed by atoms with E-state index in [-0.39, 0.29) is 24.0 Å². The van der Waals surface area contributed by atoms with E-state index in [1.807, 2.05) is 24.5 Å². The van der Waals surface area contributed by atoms with Gasteiger partial charge in [0.2, 0.25) is 0 Å². The number of nitrogens with one attached hydrogen (secondary N) is 2. The van der Waals surface area contributed by atoms with Crippen LogP contribution in [-0.2, 0) is 13.1 Å². The molecule has 0 atom stereocenters. The Morgan fingerprint density at radius 2 is 1.96 bits per heavy atom. The molecule has 2 N–H and O–H groups in total. The van der Waals surface area contributed by atoms with Gasteiger partial charge in [0, 0.05) is 29.9 Å². The van der Waals surface area contributed by atoms with Gasteiger partial charge >= 0.3 is 0 Å². The van der Waals surface area contributed by atoms with Crippen molar-refractivity contribution in [2.75, 3.05) is 13.6 Å². The summed E-state index contributed by atoms with van der Waals surface area (Å²) >= 11 is 1.81. The van der Waals surface area contributed by atoms with Gasteiger partial charge in [0.15, 0.2) is 5.96 Å². The second kappa shape index (κ2) is 9.91. The minimum Gasteiger partial charge on any atom is -0.356 e. The van der Waals surface area contributed by atoms with Crippen LogP contribution in [0, 0.1) is 13.8 Å². The van der Waals surface area contributed by atoms with Crippen LogP contribution in [0.3, 0.4) is 0 Å². The molecular formula is C19H26IN5S. The molecule has 0 aliphatic heterocycles. The molecule has 0 aliphatic rings. The highest BCUT2D eigenvalue weighted by Gasteiger charge is 2.06. The van der Waals surface area contributed by atoms with Crippen molar-refractivity contribution >= 4 is 52.3 Å². The van der Waals surface area contributed by atoms with Crippen LogP contribution in [0.1, 0.15) is 22.0 Å². The minimum atomic E-state index is 0. The zero-order valence-electron chi connectivity index (χ0n) is 15.5. The van der Waals surface area contributed by atoms with Crippen molar-refractivity contribution in [1.82, 2.24) is 20.2 Å². The normalized spacial score (nSPS) is 11.4. The molecule has 140 valence electrons. The lowest BCUT2D eigenvalue weighted by Crippen LogP contribution is -2.37. The fraction of sp³-hybridized carbons (Fsp3) is 0.368. The first-order chi connectivity index (χ1) is 12.2. The van der Waals surface area contributed by atoms with E-state index in [2.05, 4.69) is 69.4 Å². The van der Waals surface area contributed by atoms with Gasteiger partial charge in [-0.2, -0.15) is 0 Å². The molecule has 0 saturated carbocycles. The van der Waals surface area contributed by atoms with E-state index in [1.165, 1.54) is 15.3 Å². The molecule has 5 nitrogen and oxygen atoms in total. The number of hydrogen-bond acceptors (Lipinski definition) is 3. The zero-order valence-corrected chi connectivity index (χ0v) is 18.6. The topological polar surface area (TPSA) is 54.2 Å². The van der Waals surface area contributed by atoms with Crippen LogP contribution in [0.2, 0.25) is 0 Å². The van der Waals surface area contributed by atoms with E-state index in [0.29, 0.717) is 0 Å². The average Bonchev–Trinajstić information content (AvgIpc) is 3.17. The average molecular weight is 483 g/mol. The lowest BCUT2D eigenvalue weighted by molar-refractivity contribution is 0.624. The Kier molecular flexibility index (Phi) is 7.89. The van der Waals surface area contributed by atoms with Crippen molar-refractivity contribution in [3.8, 4) is 0 Å². The molecule has 0 amide bonds. The number of fused-ring (bicyclic) bond motifs is 1. The van der Waals surface area contributed by atoms with E-state index in [4.69, 9.17) is 0 Å². The van der Waals surface area contributed by atoms with Crippen LogP contribution in [0.25, 0.3) is 11.0 Å². The maximum atomic E-state index is 4.62. The highest BCUT2D eigenvalue weighted by Crippen LogP contribution is 2.16. The van der Waals surface area contributed by atoms with E-state index in [9.17, 15) is 0 Å². The molecule has 0 saturated heterocycles. The third-order valence-corrected chi connectivity index (χ3v) is 5.15. The number of aromatic nitrogens is 2. The lowest BCUT2D eigenvalue weighted by Gasteiger charge is -2.12. The number of rotatable bonds is 6. The van der Waals surface area contributed by atoms with Gasteiger partial charge in [0.1, 0.15) is 5.82 Å². The molecule has 0 spiro atoms. The van der Waals surface area contributed by atoms with Crippen LogP contribution in [0.5, 0.6) is 0 Å². The molecule has 0 unspecified atom stereocenters. The van der Waals surface area contributed by atoms with E-state index in [0.717, 1.165) is 43.4 Å². The van der Waals surface area contributed by atoms with Gasteiger partial charge in [0.25, 0.3) is 0 Å². The van der Waals surface area contributed by atoms with Crippen molar-refractivity contribution < 1.29 is 0 Å². The number of aryl methyl sites for hydroxylation is 3. The summed E-state index contributed by atoms with van der Waals surface area (Å²) in [6.07, 6.45) is 1.01. The molecule has 2 aromatic heterocycles. The molecule has 3 rings (SSSR count). The van der Waals surface area contributed by atoms with Gasteiger partial charge in [-0.05, 0) is 44.5 Å². The summed E-state index contributed by atoms with van der Waals surface area (Å²) in [5.41, 5.74) is 2.27. The summed E-state index contributed by atoms with van der Waals surface area (Å²) in [6, 6.07) is 12.6. The summed E-state index contributed by atoms with van der Waals surface area (Å²) in [4.78, 5) is 11.6. The molecule has 0 bridgehead atoms. The number of thiophene rings is 1. The Morgan fingerprint density at radius 3 is 2.69 bits per heavy atom. The summed E-state index contributed by atoms with van der Waals surface area (Å²) in [6.45, 7) is 6.82. The summed E-state index contributed by atoms with van der Waals surface area (Å²) in [7, 11) is 1.81. The first-order valence-corrected chi connectivity index (χ1v) is 9.40. The van der Waals surface area contributed by atoms with E-state index in [1.54, 1.807) is 0 Å². The lowest BCUT2D eigenvalue weighted by atomic mass is 10.3. The van der Waals surface area contributed by atoms with Crippen LogP contribution in [-0.4, -0.2) is 29.1 Å². The first-order valence-electron chi connectivity index (χ1n) is 8.59. The second-order valence-electron chi connectivity index (χ2n) is 6.02. The highest BCUT2D eigenvalue weighted by molar-refractivity contribution is 14.0. The van der Waals surface area contributed by atoms with Crippen molar-refractivity contribution in [2.45, 2.75) is 33.4 Å². The Morgan fingerprint density at radius 1 is 1.15 bits per heavy atom. The molecule has 0 fully saturated rings. The fourth-order valence-electron chi connectivity index (χ4n) is 2.89. The number of imidazole rings is 1. The van der Waals surface area contributed by atoms with Gasteiger partial charge in [-0.15, -0.1) is 35.3 Å². The van der Waals surface area contributed by atoms with Gasteiger partial charge in [-0.25, -0.2) is 4.98 Å². The monoisotopic (exact) mass is 483 g/mol. The number of benzene rings is 1. The van der Waals surface area contributed by atoms with Gasteiger partial charge < -0.3 is 15.2 Å². The Labute approximate surface area is 176 Å². The number of para-hydroxylation sites is 2. The molecular weight excluding hydrogens is 457 g/mol. The van der Waals surface area contributed by atoms with E-state index < -0.39 is 0 Å². The predicted octanol–water partition coefficient (Wildman–Crippen LogP) is 4.09. The number of aliphatic imine (C=N–C) groups is 1. The van der Waals surface area contributed by atoms with Crippen molar-refractivity contribution in [1.29, 1.82) is 0 Å². The van der Waals surface area contributed by atoms with Crippen LogP contribution in [0.15, 0.2) is 41.4 Å². The summed E-state index contributed by atoms with van der Waals surface area (Å²) in [5.74, 6) is 1.91. The van der Waals surface area contributed by atoms with Crippen LogP contribution in [0.4, 0.5) is 0 Å². The van der Waals surface area contributed by atoms with Crippen LogP contribution < -0.4 is 10.6 Å². The Bertz CT molecular complexity index is 868. The maximum Gasteiger partial charge on any atom is 0.191 e. The largest absolute Gasteiger partial charge is 0.356 e. The second-order valence-corrected chi connectivity index (χ2v) is 7.39. The molecule has 7 heteroatoms. The standard InChI is InChI=1S/C19H25N5S.HI/c1-14-9-10-16(25-14)13-22-19(20-3)21-11-6-12-24-15(2)23-17-7-4-5-8-18(17)24;/h4-5,7-10H,6,11-13H2,1-3H3,(H2,20,21,22);1H. The number of hydrogen-bond donors (Lipinski definition) is 2. The zero-order chi connectivity index (χ0) is 17.6. The van der Waals surface area contributed by atoms with Crippen molar-refractivity contribution in [3.63, 3.8) is 0 Å². The first kappa shape index (κ1) is 20.7. The number of nitrogens with zero attached hydrogens (tertiary/aromatic N) is 3. The Balaban J connectivity index is 0.00000243. The minimum absolute atomic E-state index is 0. The highest BCUT2D eigenvalue weighted by atomic mass is 127. The SMILES string of the molecule is CN=C(NCCCn1c(C)nc2ccccc21)NCc1ccc(C)s1.I. The molecule has 0 radical (unpaired) electrons. The number of halogens is 1. The number of guanidine groups is 1. The smallest absolute Gasteiger partial charge is 0.191 e. The summed E-state index contributed by atoms with van der Waals surface area (Å²) in [5, 5.41) is 6.75. The third-order valence-electron chi connectivity index (χ3n) is 4.15. The fourth-order valence-corrected chi connectivity index (χ4v) is 3.72.